The molecular weight excluding hydrogens is 759 g/mol. The number of hydrogen-bond donors (Lipinski definition) is 3. The SMILES string of the molecule is CC/C=C\C/C=C\C/C=C\C/C=C\CCCCCCC(=O)NC(CO)C(O)CCCCCCCCCCCCCCCCCCCCCCCCCCCCCCCCCCC. The van der Waals surface area contributed by atoms with E-state index >= 15 is 0 Å². The maximum atomic E-state index is 12.4. The van der Waals surface area contributed by atoms with E-state index in [9.17, 15) is 15.0 Å². The molecule has 0 bridgehead atoms. The van der Waals surface area contributed by atoms with Gasteiger partial charge in [-0.25, -0.2) is 0 Å². The van der Waals surface area contributed by atoms with Gasteiger partial charge in [-0.3, -0.25) is 4.79 Å². The lowest BCUT2D eigenvalue weighted by atomic mass is 10.0. The zero-order valence-electron chi connectivity index (χ0n) is 41.9. The summed E-state index contributed by atoms with van der Waals surface area (Å²) in [5, 5.41) is 23.3. The number of aliphatic hydroxyl groups is 2. The smallest absolute Gasteiger partial charge is 0.220 e. The standard InChI is InChI=1S/C58H109NO3/c1-3-5-7-9-11-13-15-17-19-21-22-23-24-25-26-27-28-29-30-31-32-33-34-35-36-38-39-41-43-45-47-49-51-53-57(61)56(55-60)59-58(62)54-52-50-48-46-44-42-40-37-20-18-16-14-12-10-8-6-4-2/h6,8,12,14,18,20,40,42,56-57,60-61H,3-5,7,9-11,13,15-17,19,21-39,41,43-55H2,1-2H3,(H,59,62)/b8-6-,14-12-,20-18-,42-40-. The minimum Gasteiger partial charge on any atom is -0.394 e. The molecule has 4 heteroatoms. The van der Waals surface area contributed by atoms with Gasteiger partial charge in [-0.15, -0.1) is 0 Å². The summed E-state index contributed by atoms with van der Waals surface area (Å²) in [6.07, 6.45) is 74.0. The van der Waals surface area contributed by atoms with Crippen molar-refractivity contribution in [2.75, 3.05) is 6.61 Å². The van der Waals surface area contributed by atoms with E-state index in [2.05, 4.69) is 67.8 Å². The van der Waals surface area contributed by atoms with Gasteiger partial charge in [0.1, 0.15) is 0 Å². The Labute approximate surface area is 388 Å². The summed E-state index contributed by atoms with van der Waals surface area (Å²) < 4.78 is 0. The minimum absolute atomic E-state index is 0.0526. The summed E-state index contributed by atoms with van der Waals surface area (Å²) in [7, 11) is 0. The van der Waals surface area contributed by atoms with Crippen molar-refractivity contribution in [3.63, 3.8) is 0 Å². The van der Waals surface area contributed by atoms with Crippen LogP contribution in [0.5, 0.6) is 0 Å². The second kappa shape index (κ2) is 53.7. The van der Waals surface area contributed by atoms with Crippen LogP contribution in [-0.4, -0.2) is 34.9 Å². The zero-order valence-corrected chi connectivity index (χ0v) is 41.9. The fraction of sp³-hybridized carbons (Fsp3) is 0.845. The van der Waals surface area contributed by atoms with E-state index in [1.165, 1.54) is 199 Å². The van der Waals surface area contributed by atoms with Gasteiger partial charge in [0.05, 0.1) is 18.8 Å². The molecule has 364 valence electrons. The lowest BCUT2D eigenvalue weighted by Crippen LogP contribution is -2.45. The molecule has 0 heterocycles. The first kappa shape index (κ1) is 60.4. The summed E-state index contributed by atoms with van der Waals surface area (Å²) in [6.45, 7) is 4.26. The number of amides is 1. The van der Waals surface area contributed by atoms with Crippen LogP contribution in [0.3, 0.4) is 0 Å². The number of unbranched alkanes of at least 4 members (excludes halogenated alkanes) is 36. The Bertz CT molecular complexity index is 985. The monoisotopic (exact) mass is 868 g/mol. The summed E-state index contributed by atoms with van der Waals surface area (Å²) in [4.78, 5) is 12.4. The number of rotatable bonds is 51. The van der Waals surface area contributed by atoms with Crippen LogP contribution in [0, 0.1) is 0 Å². The summed E-state index contributed by atoms with van der Waals surface area (Å²) in [5.74, 6) is -0.0526. The lowest BCUT2D eigenvalue weighted by Gasteiger charge is -2.22. The summed E-state index contributed by atoms with van der Waals surface area (Å²) in [6, 6.07) is -0.552. The average Bonchev–Trinajstić information content (AvgIpc) is 3.28. The molecule has 0 aromatic carbocycles. The minimum atomic E-state index is -0.673. The van der Waals surface area contributed by atoms with E-state index in [4.69, 9.17) is 0 Å². The van der Waals surface area contributed by atoms with Gasteiger partial charge in [-0.05, 0) is 51.4 Å². The fourth-order valence-corrected chi connectivity index (χ4v) is 8.65. The second-order valence-electron chi connectivity index (χ2n) is 19.0. The zero-order chi connectivity index (χ0) is 44.9. The van der Waals surface area contributed by atoms with Gasteiger partial charge in [-0.1, -0.05) is 287 Å². The molecule has 1 amide bonds. The molecule has 0 rings (SSSR count). The molecule has 0 spiro atoms. The fourth-order valence-electron chi connectivity index (χ4n) is 8.65. The third kappa shape index (κ3) is 49.4. The molecule has 0 aliphatic carbocycles. The highest BCUT2D eigenvalue weighted by Gasteiger charge is 2.20. The predicted molar refractivity (Wildman–Crippen MR) is 276 cm³/mol. The van der Waals surface area contributed by atoms with Gasteiger partial charge in [-0.2, -0.15) is 0 Å². The van der Waals surface area contributed by atoms with Crippen LogP contribution >= 0.6 is 0 Å². The van der Waals surface area contributed by atoms with Gasteiger partial charge in [0.15, 0.2) is 0 Å². The first-order valence-electron chi connectivity index (χ1n) is 27.8. The van der Waals surface area contributed by atoms with Crippen LogP contribution in [0.2, 0.25) is 0 Å². The normalized spacial score (nSPS) is 13.2. The Balaban J connectivity index is 3.42. The van der Waals surface area contributed by atoms with E-state index in [0.717, 1.165) is 70.6 Å². The largest absolute Gasteiger partial charge is 0.394 e. The highest BCUT2D eigenvalue weighted by molar-refractivity contribution is 5.76. The molecule has 0 aromatic rings. The molecule has 0 aliphatic heterocycles. The molecule has 4 nitrogen and oxygen atoms in total. The molecule has 0 saturated heterocycles. The van der Waals surface area contributed by atoms with Crippen LogP contribution in [0.1, 0.15) is 296 Å². The Morgan fingerprint density at radius 1 is 0.403 bits per heavy atom. The summed E-state index contributed by atoms with van der Waals surface area (Å²) in [5.41, 5.74) is 0. The quantitative estimate of drug-likeness (QED) is 0.0421. The van der Waals surface area contributed by atoms with Crippen LogP contribution in [0.15, 0.2) is 48.6 Å². The highest BCUT2D eigenvalue weighted by atomic mass is 16.3. The van der Waals surface area contributed by atoms with Gasteiger partial charge in [0.25, 0.3) is 0 Å². The van der Waals surface area contributed by atoms with E-state index < -0.39 is 12.1 Å². The Kier molecular flexibility index (Phi) is 52.3. The van der Waals surface area contributed by atoms with Crippen molar-refractivity contribution in [2.45, 2.75) is 309 Å². The maximum absolute atomic E-state index is 12.4. The first-order chi connectivity index (χ1) is 30.7. The Morgan fingerprint density at radius 3 is 1.06 bits per heavy atom. The van der Waals surface area contributed by atoms with E-state index in [-0.39, 0.29) is 12.5 Å². The van der Waals surface area contributed by atoms with E-state index in [1.54, 1.807) is 0 Å². The van der Waals surface area contributed by atoms with Crippen LogP contribution in [-0.2, 0) is 4.79 Å². The van der Waals surface area contributed by atoms with Crippen LogP contribution in [0.25, 0.3) is 0 Å². The third-order valence-electron chi connectivity index (χ3n) is 12.9. The Morgan fingerprint density at radius 2 is 0.710 bits per heavy atom. The van der Waals surface area contributed by atoms with Crippen molar-refractivity contribution >= 4 is 5.91 Å². The van der Waals surface area contributed by atoms with Gasteiger partial charge in [0, 0.05) is 6.42 Å². The van der Waals surface area contributed by atoms with Crippen LogP contribution in [0.4, 0.5) is 0 Å². The number of carbonyl (C=O) groups excluding carboxylic acids is 1. The number of aliphatic hydroxyl groups excluding tert-OH is 2. The molecule has 62 heavy (non-hydrogen) atoms. The summed E-state index contributed by atoms with van der Waals surface area (Å²) >= 11 is 0. The van der Waals surface area contributed by atoms with Crippen LogP contribution < -0.4 is 5.32 Å². The van der Waals surface area contributed by atoms with Crippen molar-refractivity contribution in [2.24, 2.45) is 0 Å². The lowest BCUT2D eigenvalue weighted by molar-refractivity contribution is -0.123. The molecule has 0 saturated carbocycles. The molecular formula is C58H109NO3. The second-order valence-corrected chi connectivity index (χ2v) is 19.0. The molecule has 0 aromatic heterocycles. The number of carbonyl (C=O) groups is 1. The van der Waals surface area contributed by atoms with Crippen molar-refractivity contribution in [3.8, 4) is 0 Å². The molecule has 2 unspecified atom stereocenters. The maximum Gasteiger partial charge on any atom is 0.220 e. The highest BCUT2D eigenvalue weighted by Crippen LogP contribution is 2.18. The van der Waals surface area contributed by atoms with Gasteiger partial charge in [0.2, 0.25) is 5.91 Å². The third-order valence-corrected chi connectivity index (χ3v) is 12.9. The first-order valence-corrected chi connectivity index (χ1v) is 27.8. The van der Waals surface area contributed by atoms with Crippen molar-refractivity contribution < 1.29 is 15.0 Å². The molecule has 0 radical (unpaired) electrons. The molecule has 0 aliphatic rings. The molecule has 3 N–H and O–H groups in total. The number of nitrogens with one attached hydrogen (secondary N) is 1. The average molecular weight is 869 g/mol. The Hall–Kier alpha value is -1.65. The predicted octanol–water partition coefficient (Wildman–Crippen LogP) is 18.3. The van der Waals surface area contributed by atoms with Crippen molar-refractivity contribution in [3.05, 3.63) is 48.6 Å². The molecule has 0 fully saturated rings. The van der Waals surface area contributed by atoms with Gasteiger partial charge < -0.3 is 15.5 Å². The van der Waals surface area contributed by atoms with Gasteiger partial charge >= 0.3 is 0 Å². The number of allylic oxidation sites excluding steroid dienone is 8. The molecule has 2 atom stereocenters. The van der Waals surface area contributed by atoms with E-state index in [0.29, 0.717) is 12.8 Å². The number of hydrogen-bond acceptors (Lipinski definition) is 3. The topological polar surface area (TPSA) is 69.6 Å². The van der Waals surface area contributed by atoms with Crippen molar-refractivity contribution in [1.82, 2.24) is 5.32 Å². The van der Waals surface area contributed by atoms with E-state index in [1.807, 2.05) is 0 Å². The van der Waals surface area contributed by atoms with Crippen molar-refractivity contribution in [1.29, 1.82) is 0 Å².